The summed E-state index contributed by atoms with van der Waals surface area (Å²) in [6.07, 6.45) is 0.958. The summed E-state index contributed by atoms with van der Waals surface area (Å²) in [7, 11) is 1.61. The highest BCUT2D eigenvalue weighted by Gasteiger charge is 2.38. The predicted molar refractivity (Wildman–Crippen MR) is 167 cm³/mol. The number of carbonyl (C=O) groups is 1. The standard InChI is InChI=1S/C33H42FN3O5S/c1-7-40-29-17-37(13-11-23(29)31(38)42-33(3,4)5)32-36-26(19-43-32)24-14-20(2)8-9-27(24)41-18-21-15-28(39-6)25-16-35-12-10-22(25)30(21)34/h8-9,14-15,19,23,29,35H,7,10-13,16-18H2,1-6H3/t23-,29+/m0/s1. The minimum atomic E-state index is -0.544. The Morgan fingerprint density at radius 2 is 2.02 bits per heavy atom. The Bertz CT molecular complexity index is 1450. The molecule has 2 atom stereocenters. The van der Waals surface area contributed by atoms with Gasteiger partial charge in [0.2, 0.25) is 0 Å². The predicted octanol–water partition coefficient (Wildman–Crippen LogP) is 6.06. The summed E-state index contributed by atoms with van der Waals surface area (Å²) in [6, 6.07) is 7.68. The number of thiazole rings is 1. The van der Waals surface area contributed by atoms with Crippen LogP contribution in [0.1, 0.15) is 56.4 Å². The van der Waals surface area contributed by atoms with Crippen molar-refractivity contribution in [3.05, 3.63) is 57.7 Å². The number of fused-ring (bicyclic) bond motifs is 1. The van der Waals surface area contributed by atoms with Crippen LogP contribution in [0, 0.1) is 18.7 Å². The molecule has 0 saturated carbocycles. The molecule has 1 aromatic heterocycles. The third-order valence-electron chi connectivity index (χ3n) is 7.79. The minimum absolute atomic E-state index is 0.0736. The van der Waals surface area contributed by atoms with Gasteiger partial charge in [-0.25, -0.2) is 9.37 Å². The maximum Gasteiger partial charge on any atom is 0.312 e. The van der Waals surface area contributed by atoms with Gasteiger partial charge in [0.25, 0.3) is 0 Å². The minimum Gasteiger partial charge on any atom is -0.496 e. The lowest BCUT2D eigenvalue weighted by Gasteiger charge is -2.38. The molecule has 8 nitrogen and oxygen atoms in total. The zero-order valence-electron chi connectivity index (χ0n) is 25.9. The van der Waals surface area contributed by atoms with Gasteiger partial charge >= 0.3 is 5.97 Å². The number of ether oxygens (including phenoxy) is 4. The van der Waals surface area contributed by atoms with Crippen LogP contribution in [0.4, 0.5) is 9.52 Å². The zero-order chi connectivity index (χ0) is 30.7. The van der Waals surface area contributed by atoms with Gasteiger partial charge in [-0.05, 0) is 77.8 Å². The summed E-state index contributed by atoms with van der Waals surface area (Å²) < 4.78 is 39.0. The molecule has 232 valence electrons. The van der Waals surface area contributed by atoms with E-state index in [9.17, 15) is 4.79 Å². The van der Waals surface area contributed by atoms with E-state index >= 15 is 4.39 Å². The van der Waals surface area contributed by atoms with Crippen LogP contribution in [0.3, 0.4) is 0 Å². The van der Waals surface area contributed by atoms with Gasteiger partial charge in [0.05, 0.1) is 24.8 Å². The SMILES string of the molecule is CCO[C@@H]1CN(c2nc(-c3cc(C)ccc3OCc3cc(OC)c4c(c3F)CCNC4)cs2)CC[C@@H]1C(=O)OC(C)(C)C. The van der Waals surface area contributed by atoms with Crippen LogP contribution < -0.4 is 19.7 Å². The molecule has 2 aliphatic heterocycles. The van der Waals surface area contributed by atoms with Gasteiger partial charge in [0, 0.05) is 48.3 Å². The molecule has 1 fully saturated rings. The first-order valence-corrected chi connectivity index (χ1v) is 15.8. The molecule has 10 heteroatoms. The maximum absolute atomic E-state index is 15.5. The van der Waals surface area contributed by atoms with Gasteiger partial charge < -0.3 is 29.2 Å². The molecule has 0 amide bonds. The number of aryl methyl sites for hydroxylation is 1. The van der Waals surface area contributed by atoms with E-state index in [0.717, 1.165) is 34.1 Å². The normalized spacial score (nSPS) is 18.7. The number of anilines is 1. The van der Waals surface area contributed by atoms with E-state index < -0.39 is 5.60 Å². The molecule has 2 aromatic carbocycles. The largest absolute Gasteiger partial charge is 0.496 e. The quantitative estimate of drug-likeness (QED) is 0.293. The summed E-state index contributed by atoms with van der Waals surface area (Å²) in [6.45, 7) is 12.7. The Kier molecular flexibility index (Phi) is 9.58. The van der Waals surface area contributed by atoms with Gasteiger partial charge in [-0.15, -0.1) is 11.3 Å². The summed E-state index contributed by atoms with van der Waals surface area (Å²) in [4.78, 5) is 20.1. The highest BCUT2D eigenvalue weighted by Crippen LogP contribution is 2.37. The number of nitrogens with one attached hydrogen (secondary N) is 1. The van der Waals surface area contributed by atoms with E-state index in [1.54, 1.807) is 24.5 Å². The third-order valence-corrected chi connectivity index (χ3v) is 8.69. The van der Waals surface area contributed by atoms with E-state index in [4.69, 9.17) is 23.9 Å². The highest BCUT2D eigenvalue weighted by molar-refractivity contribution is 7.14. The highest BCUT2D eigenvalue weighted by atomic mass is 32.1. The van der Waals surface area contributed by atoms with Crippen molar-refractivity contribution in [1.29, 1.82) is 0 Å². The molecule has 3 heterocycles. The number of methoxy groups -OCH3 is 1. The molecular formula is C33H42FN3O5S. The molecule has 5 rings (SSSR count). The van der Waals surface area contributed by atoms with E-state index in [1.165, 1.54) is 0 Å². The average molecular weight is 612 g/mol. The summed E-state index contributed by atoms with van der Waals surface area (Å²) in [5, 5.41) is 6.16. The van der Waals surface area contributed by atoms with Gasteiger partial charge in [0.1, 0.15) is 29.5 Å². The van der Waals surface area contributed by atoms with Crippen LogP contribution >= 0.6 is 11.3 Å². The van der Waals surface area contributed by atoms with E-state index in [0.29, 0.717) is 61.7 Å². The number of rotatable bonds is 9. The Balaban J connectivity index is 1.34. The second-order valence-corrected chi connectivity index (χ2v) is 12.9. The first-order valence-electron chi connectivity index (χ1n) is 14.9. The lowest BCUT2D eigenvalue weighted by molar-refractivity contribution is -0.166. The number of hydrogen-bond donors (Lipinski definition) is 1. The van der Waals surface area contributed by atoms with Crippen molar-refractivity contribution in [2.24, 2.45) is 5.92 Å². The van der Waals surface area contributed by atoms with Crippen LogP contribution in [0.5, 0.6) is 11.5 Å². The lowest BCUT2D eigenvalue weighted by Crippen LogP contribution is -2.49. The first kappa shape index (κ1) is 31.2. The van der Waals surface area contributed by atoms with Gasteiger partial charge in [-0.2, -0.15) is 0 Å². The molecule has 3 aromatic rings. The number of hydrogen-bond acceptors (Lipinski definition) is 9. The Morgan fingerprint density at radius 1 is 1.21 bits per heavy atom. The van der Waals surface area contributed by atoms with Crippen molar-refractivity contribution in [2.45, 2.75) is 72.3 Å². The fraction of sp³-hybridized carbons (Fsp3) is 0.515. The summed E-state index contributed by atoms with van der Waals surface area (Å²) in [5.41, 5.74) is 4.21. The van der Waals surface area contributed by atoms with E-state index in [1.807, 2.05) is 58.2 Å². The van der Waals surface area contributed by atoms with Crippen LogP contribution in [0.2, 0.25) is 0 Å². The zero-order valence-corrected chi connectivity index (χ0v) is 26.7. The molecule has 0 spiro atoms. The maximum atomic E-state index is 15.5. The van der Waals surface area contributed by atoms with Crippen LogP contribution in [-0.2, 0) is 33.8 Å². The van der Waals surface area contributed by atoms with Crippen LogP contribution in [0.15, 0.2) is 29.6 Å². The van der Waals surface area contributed by atoms with Crippen LogP contribution in [0.25, 0.3) is 11.3 Å². The van der Waals surface area contributed by atoms with Crippen molar-refractivity contribution in [1.82, 2.24) is 10.3 Å². The molecule has 0 unspecified atom stereocenters. The molecule has 1 N–H and O–H groups in total. The number of nitrogens with zero attached hydrogens (tertiary/aromatic N) is 2. The number of halogens is 1. The molecule has 0 radical (unpaired) electrons. The fourth-order valence-electron chi connectivity index (χ4n) is 5.73. The monoisotopic (exact) mass is 611 g/mol. The number of esters is 1. The number of benzene rings is 2. The smallest absolute Gasteiger partial charge is 0.312 e. The Morgan fingerprint density at radius 3 is 2.77 bits per heavy atom. The Hall–Kier alpha value is -3.21. The van der Waals surface area contributed by atoms with Gasteiger partial charge in [-0.1, -0.05) is 11.6 Å². The number of carbonyl (C=O) groups excluding carboxylic acids is 1. The summed E-state index contributed by atoms with van der Waals surface area (Å²) in [5.74, 6) is 0.565. The molecule has 0 aliphatic carbocycles. The molecule has 0 bridgehead atoms. The van der Waals surface area contributed by atoms with Crippen molar-refractivity contribution >= 4 is 22.4 Å². The second-order valence-electron chi connectivity index (χ2n) is 12.1. The molecule has 1 saturated heterocycles. The number of aromatic nitrogens is 1. The first-order chi connectivity index (χ1) is 20.6. The summed E-state index contributed by atoms with van der Waals surface area (Å²) >= 11 is 1.55. The molecule has 43 heavy (non-hydrogen) atoms. The topological polar surface area (TPSA) is 82.2 Å². The Labute approximate surface area is 257 Å². The van der Waals surface area contributed by atoms with Gasteiger partial charge in [0.15, 0.2) is 5.13 Å². The van der Waals surface area contributed by atoms with E-state index in [-0.39, 0.29) is 30.4 Å². The molecule has 2 aliphatic rings. The molecular weight excluding hydrogens is 569 g/mol. The van der Waals surface area contributed by atoms with Crippen LogP contribution in [-0.4, -0.2) is 56.0 Å². The lowest BCUT2D eigenvalue weighted by atomic mass is 9.93. The third kappa shape index (κ3) is 7.13. The van der Waals surface area contributed by atoms with Crippen molar-refractivity contribution in [3.8, 4) is 22.8 Å². The van der Waals surface area contributed by atoms with E-state index in [2.05, 4.69) is 10.2 Å². The van der Waals surface area contributed by atoms with Crippen molar-refractivity contribution in [3.63, 3.8) is 0 Å². The van der Waals surface area contributed by atoms with Gasteiger partial charge in [-0.3, -0.25) is 4.79 Å². The average Bonchev–Trinajstić information content (AvgIpc) is 3.47. The number of piperidine rings is 1. The second kappa shape index (κ2) is 13.2. The van der Waals surface area contributed by atoms with Crippen molar-refractivity contribution < 1.29 is 28.1 Å². The van der Waals surface area contributed by atoms with Crippen molar-refractivity contribution in [2.75, 3.05) is 38.3 Å². The fourth-order valence-corrected chi connectivity index (χ4v) is 6.59.